The highest BCUT2D eigenvalue weighted by Gasteiger charge is 2.22. The van der Waals surface area contributed by atoms with Crippen LogP contribution in [0.1, 0.15) is 64.4 Å². The summed E-state index contributed by atoms with van der Waals surface area (Å²) in [6, 6.07) is 8.79. The average Bonchev–Trinajstić information content (AvgIpc) is 2.58. The number of likely N-dealkylation sites (N-methyl/N-ethyl adjacent to an activating group) is 1. The Hall–Kier alpha value is -1.06. The Labute approximate surface area is 141 Å². The van der Waals surface area contributed by atoms with Gasteiger partial charge < -0.3 is 9.84 Å². The highest BCUT2D eigenvalue weighted by Crippen LogP contribution is 2.26. The molecule has 1 atom stereocenters. The van der Waals surface area contributed by atoms with Gasteiger partial charge in [0, 0.05) is 12.6 Å². The van der Waals surface area contributed by atoms with E-state index in [0.717, 1.165) is 12.3 Å². The largest absolute Gasteiger partial charge is 0.491 e. The van der Waals surface area contributed by atoms with E-state index in [1.165, 1.54) is 37.7 Å². The van der Waals surface area contributed by atoms with E-state index in [0.29, 0.717) is 25.1 Å². The van der Waals surface area contributed by atoms with Gasteiger partial charge in [-0.25, -0.2) is 0 Å². The van der Waals surface area contributed by atoms with Crippen molar-refractivity contribution in [2.45, 2.75) is 70.9 Å². The molecule has 1 N–H and O–H groups in total. The number of aliphatic hydroxyl groups excluding tert-OH is 1. The second-order valence-corrected chi connectivity index (χ2v) is 7.04. The molecular formula is C20H33NO2. The fourth-order valence-corrected chi connectivity index (χ4v) is 3.58. The number of para-hydroxylation sites is 1. The van der Waals surface area contributed by atoms with Crippen LogP contribution in [0.15, 0.2) is 24.3 Å². The van der Waals surface area contributed by atoms with Crippen molar-refractivity contribution in [1.82, 2.24) is 4.90 Å². The Morgan fingerprint density at radius 2 is 1.87 bits per heavy atom. The Kier molecular flexibility index (Phi) is 7.38. The quantitative estimate of drug-likeness (QED) is 0.779. The first-order valence-electron chi connectivity index (χ1n) is 9.25. The molecule has 1 saturated carbocycles. The summed E-state index contributed by atoms with van der Waals surface area (Å²) in [6.45, 7) is 8.61. The zero-order valence-electron chi connectivity index (χ0n) is 15.0. The highest BCUT2D eigenvalue weighted by atomic mass is 16.5. The Balaban J connectivity index is 1.85. The summed E-state index contributed by atoms with van der Waals surface area (Å²) in [7, 11) is 0. The van der Waals surface area contributed by atoms with Crippen LogP contribution < -0.4 is 4.74 Å². The normalized spacial score (nSPS) is 17.7. The van der Waals surface area contributed by atoms with E-state index in [2.05, 4.69) is 31.7 Å². The molecule has 2 rings (SSSR count). The van der Waals surface area contributed by atoms with Gasteiger partial charge in [0.15, 0.2) is 0 Å². The molecule has 0 aliphatic heterocycles. The van der Waals surface area contributed by atoms with E-state index < -0.39 is 6.10 Å². The van der Waals surface area contributed by atoms with Crippen LogP contribution in [0.3, 0.4) is 0 Å². The number of hydrogen-bond donors (Lipinski definition) is 1. The van der Waals surface area contributed by atoms with E-state index in [1.54, 1.807) is 0 Å². The Morgan fingerprint density at radius 3 is 2.52 bits per heavy atom. The van der Waals surface area contributed by atoms with Gasteiger partial charge in [0.1, 0.15) is 18.5 Å². The molecule has 1 aromatic rings. The van der Waals surface area contributed by atoms with E-state index in [9.17, 15) is 5.11 Å². The van der Waals surface area contributed by atoms with Gasteiger partial charge in [0.2, 0.25) is 0 Å². The fraction of sp³-hybridized carbons (Fsp3) is 0.700. The monoisotopic (exact) mass is 319 g/mol. The second kappa shape index (κ2) is 9.29. The van der Waals surface area contributed by atoms with Crippen molar-refractivity contribution in [2.24, 2.45) is 0 Å². The Morgan fingerprint density at radius 1 is 1.17 bits per heavy atom. The maximum atomic E-state index is 10.4. The maximum absolute atomic E-state index is 10.4. The first kappa shape index (κ1) is 18.3. The molecule has 1 aromatic carbocycles. The summed E-state index contributed by atoms with van der Waals surface area (Å²) < 4.78 is 5.92. The third kappa shape index (κ3) is 5.50. The standard InChI is InChI=1S/C20H33NO2/c1-4-21(17-10-6-5-7-11-17)14-18(22)15-23-20-13-9-8-12-19(20)16(2)3/h8-9,12-13,16-18,22H,4-7,10-11,14-15H2,1-3H3/t18-/m1/s1. The molecule has 0 radical (unpaired) electrons. The molecule has 130 valence electrons. The lowest BCUT2D eigenvalue weighted by Gasteiger charge is -2.34. The molecular weight excluding hydrogens is 286 g/mol. The molecule has 3 nitrogen and oxygen atoms in total. The molecule has 0 unspecified atom stereocenters. The van der Waals surface area contributed by atoms with Crippen molar-refractivity contribution >= 4 is 0 Å². The van der Waals surface area contributed by atoms with Crippen molar-refractivity contribution in [3.05, 3.63) is 29.8 Å². The van der Waals surface area contributed by atoms with Crippen molar-refractivity contribution in [1.29, 1.82) is 0 Å². The van der Waals surface area contributed by atoms with E-state index in [4.69, 9.17) is 4.74 Å². The van der Waals surface area contributed by atoms with Crippen molar-refractivity contribution in [3.8, 4) is 5.75 Å². The number of benzene rings is 1. The summed E-state index contributed by atoms with van der Waals surface area (Å²) in [5.41, 5.74) is 1.21. The first-order chi connectivity index (χ1) is 11.1. The minimum atomic E-state index is -0.433. The summed E-state index contributed by atoms with van der Waals surface area (Å²) in [6.07, 6.45) is 6.14. The lowest BCUT2D eigenvalue weighted by Crippen LogP contribution is -2.43. The van der Waals surface area contributed by atoms with Gasteiger partial charge in [-0.05, 0) is 36.9 Å². The Bertz CT molecular complexity index is 455. The minimum absolute atomic E-state index is 0.368. The SMILES string of the molecule is CCN(C[C@@H](O)COc1ccccc1C(C)C)C1CCCCC1. The van der Waals surface area contributed by atoms with Crippen LogP contribution in [0, 0.1) is 0 Å². The maximum Gasteiger partial charge on any atom is 0.122 e. The van der Waals surface area contributed by atoms with Gasteiger partial charge in [-0.15, -0.1) is 0 Å². The molecule has 1 aliphatic carbocycles. The third-order valence-electron chi connectivity index (χ3n) is 4.91. The second-order valence-electron chi connectivity index (χ2n) is 7.04. The zero-order chi connectivity index (χ0) is 16.7. The average molecular weight is 319 g/mol. The number of hydrogen-bond acceptors (Lipinski definition) is 3. The van der Waals surface area contributed by atoms with Crippen LogP contribution in [0.25, 0.3) is 0 Å². The molecule has 0 amide bonds. The summed E-state index contributed by atoms with van der Waals surface area (Å²) in [5.74, 6) is 1.33. The smallest absolute Gasteiger partial charge is 0.122 e. The van der Waals surface area contributed by atoms with Crippen LogP contribution >= 0.6 is 0 Å². The van der Waals surface area contributed by atoms with Gasteiger partial charge >= 0.3 is 0 Å². The molecule has 0 spiro atoms. The van der Waals surface area contributed by atoms with Crippen molar-refractivity contribution in [2.75, 3.05) is 19.7 Å². The predicted molar refractivity (Wildman–Crippen MR) is 96.2 cm³/mol. The van der Waals surface area contributed by atoms with Crippen LogP contribution in [-0.4, -0.2) is 41.8 Å². The van der Waals surface area contributed by atoms with Crippen molar-refractivity contribution < 1.29 is 9.84 Å². The molecule has 23 heavy (non-hydrogen) atoms. The zero-order valence-corrected chi connectivity index (χ0v) is 15.0. The van der Waals surface area contributed by atoms with Gasteiger partial charge in [-0.3, -0.25) is 4.90 Å². The van der Waals surface area contributed by atoms with E-state index in [-0.39, 0.29) is 0 Å². The molecule has 0 saturated heterocycles. The number of aliphatic hydroxyl groups is 1. The van der Waals surface area contributed by atoms with Crippen LogP contribution in [-0.2, 0) is 0 Å². The van der Waals surface area contributed by atoms with Crippen LogP contribution in [0.2, 0.25) is 0 Å². The summed E-state index contributed by atoms with van der Waals surface area (Å²) in [4.78, 5) is 2.43. The van der Waals surface area contributed by atoms with Crippen LogP contribution in [0.5, 0.6) is 5.75 Å². The number of ether oxygens (including phenoxy) is 1. The predicted octanol–water partition coefficient (Wildman–Crippen LogP) is 4.20. The lowest BCUT2D eigenvalue weighted by atomic mass is 9.94. The topological polar surface area (TPSA) is 32.7 Å². The van der Waals surface area contributed by atoms with Gasteiger partial charge in [-0.1, -0.05) is 58.2 Å². The van der Waals surface area contributed by atoms with E-state index in [1.807, 2.05) is 18.2 Å². The molecule has 0 aromatic heterocycles. The fourth-order valence-electron chi connectivity index (χ4n) is 3.58. The summed E-state index contributed by atoms with van der Waals surface area (Å²) >= 11 is 0. The molecule has 0 bridgehead atoms. The molecule has 3 heteroatoms. The number of nitrogens with zero attached hydrogens (tertiary/aromatic N) is 1. The van der Waals surface area contributed by atoms with Crippen molar-refractivity contribution in [3.63, 3.8) is 0 Å². The van der Waals surface area contributed by atoms with Gasteiger partial charge in [0.25, 0.3) is 0 Å². The van der Waals surface area contributed by atoms with Gasteiger partial charge in [-0.2, -0.15) is 0 Å². The molecule has 1 aliphatic rings. The molecule has 0 heterocycles. The lowest BCUT2D eigenvalue weighted by molar-refractivity contribution is 0.0460. The van der Waals surface area contributed by atoms with Gasteiger partial charge in [0.05, 0.1) is 0 Å². The summed E-state index contributed by atoms with van der Waals surface area (Å²) in [5, 5.41) is 10.4. The van der Waals surface area contributed by atoms with Crippen LogP contribution in [0.4, 0.5) is 0 Å². The van der Waals surface area contributed by atoms with E-state index >= 15 is 0 Å². The number of rotatable bonds is 8. The first-order valence-corrected chi connectivity index (χ1v) is 9.25. The third-order valence-corrected chi connectivity index (χ3v) is 4.91. The highest BCUT2D eigenvalue weighted by molar-refractivity contribution is 5.35. The molecule has 1 fully saturated rings. The minimum Gasteiger partial charge on any atom is -0.491 e.